The Bertz CT molecular complexity index is 665. The third-order valence-corrected chi connectivity index (χ3v) is 4.77. The minimum Gasteiger partial charge on any atom is -0.397 e. The summed E-state index contributed by atoms with van der Waals surface area (Å²) in [5.41, 5.74) is 8.37. The molecule has 3 rings (SSSR count). The minimum absolute atomic E-state index is 0.0265. The van der Waals surface area contributed by atoms with Gasteiger partial charge in [0, 0.05) is 14.9 Å². The second kappa shape index (κ2) is 5.81. The molecule has 1 aliphatic carbocycles. The number of carbonyl (C=O) groups excluding carboxylic acids is 1. The van der Waals surface area contributed by atoms with Crippen LogP contribution >= 0.6 is 31.9 Å². The number of rotatable bonds is 3. The summed E-state index contributed by atoms with van der Waals surface area (Å²) in [5, 5.41) is 2.94. The summed E-state index contributed by atoms with van der Waals surface area (Å²) >= 11 is 6.80. The summed E-state index contributed by atoms with van der Waals surface area (Å²) in [6, 6.07) is 13.8. The molecule has 2 aromatic carbocycles. The zero-order valence-electron chi connectivity index (χ0n) is 11.1. The lowest BCUT2D eigenvalue weighted by Crippen LogP contribution is -2.16. The van der Waals surface area contributed by atoms with E-state index < -0.39 is 0 Å². The normalized spacial score (nSPS) is 20.1. The molecule has 0 aliphatic heterocycles. The maximum atomic E-state index is 12.3. The number of nitrogens with one attached hydrogen (secondary N) is 1. The molecule has 1 aliphatic rings. The van der Waals surface area contributed by atoms with Crippen LogP contribution in [0.3, 0.4) is 0 Å². The highest BCUT2D eigenvalue weighted by molar-refractivity contribution is 9.11. The summed E-state index contributed by atoms with van der Waals surface area (Å²) in [6.07, 6.45) is 0.893. The van der Waals surface area contributed by atoms with Crippen molar-refractivity contribution in [2.24, 2.45) is 5.92 Å². The molecule has 1 saturated carbocycles. The highest BCUT2D eigenvalue weighted by Crippen LogP contribution is 2.48. The fourth-order valence-electron chi connectivity index (χ4n) is 2.49. The van der Waals surface area contributed by atoms with E-state index in [1.165, 1.54) is 5.56 Å². The smallest absolute Gasteiger partial charge is 0.228 e. The first kappa shape index (κ1) is 14.6. The number of amides is 1. The first-order valence-electron chi connectivity index (χ1n) is 6.66. The van der Waals surface area contributed by atoms with Crippen molar-refractivity contribution in [2.75, 3.05) is 11.1 Å². The Balaban J connectivity index is 1.72. The summed E-state index contributed by atoms with van der Waals surface area (Å²) in [5.74, 6) is 0.377. The summed E-state index contributed by atoms with van der Waals surface area (Å²) in [4.78, 5) is 12.3. The van der Waals surface area contributed by atoms with Crippen molar-refractivity contribution in [2.45, 2.75) is 12.3 Å². The molecule has 0 bridgehead atoms. The lowest BCUT2D eigenvalue weighted by Gasteiger charge is -2.11. The van der Waals surface area contributed by atoms with Crippen LogP contribution in [0.15, 0.2) is 51.4 Å². The fraction of sp³-hybridized carbons (Fsp3) is 0.188. The quantitative estimate of drug-likeness (QED) is 0.731. The third kappa shape index (κ3) is 3.14. The molecular weight excluding hydrogens is 396 g/mol. The average Bonchev–Trinajstić information content (AvgIpc) is 3.24. The molecule has 5 heteroatoms. The van der Waals surface area contributed by atoms with E-state index in [-0.39, 0.29) is 11.8 Å². The molecular formula is C16H14Br2N2O. The number of hydrogen-bond donors (Lipinski definition) is 2. The average molecular weight is 410 g/mol. The van der Waals surface area contributed by atoms with Crippen molar-refractivity contribution in [3.8, 4) is 0 Å². The summed E-state index contributed by atoms with van der Waals surface area (Å²) in [7, 11) is 0. The lowest BCUT2D eigenvalue weighted by atomic mass is 10.1. The molecule has 2 unspecified atom stereocenters. The number of nitrogen functional groups attached to an aromatic ring is 1. The van der Waals surface area contributed by atoms with Crippen molar-refractivity contribution in [1.29, 1.82) is 0 Å². The lowest BCUT2D eigenvalue weighted by molar-refractivity contribution is -0.117. The van der Waals surface area contributed by atoms with E-state index in [1.54, 1.807) is 6.07 Å². The van der Waals surface area contributed by atoms with Crippen LogP contribution in [-0.2, 0) is 4.79 Å². The molecule has 0 saturated heterocycles. The molecule has 1 fully saturated rings. The first-order valence-corrected chi connectivity index (χ1v) is 8.25. The van der Waals surface area contributed by atoms with Gasteiger partial charge in [-0.05, 0) is 46.0 Å². The second-order valence-electron chi connectivity index (χ2n) is 5.20. The molecule has 0 spiro atoms. The number of hydrogen-bond acceptors (Lipinski definition) is 2. The predicted molar refractivity (Wildman–Crippen MR) is 92.2 cm³/mol. The zero-order chi connectivity index (χ0) is 15.0. The number of benzene rings is 2. The van der Waals surface area contributed by atoms with Gasteiger partial charge in [0.1, 0.15) is 0 Å². The highest BCUT2D eigenvalue weighted by Gasteiger charge is 2.44. The van der Waals surface area contributed by atoms with E-state index in [2.05, 4.69) is 49.3 Å². The van der Waals surface area contributed by atoms with Crippen LogP contribution in [0.4, 0.5) is 11.4 Å². The van der Waals surface area contributed by atoms with Crippen molar-refractivity contribution < 1.29 is 4.79 Å². The Hall–Kier alpha value is -1.33. The monoisotopic (exact) mass is 408 g/mol. The van der Waals surface area contributed by atoms with E-state index in [1.807, 2.05) is 24.3 Å². The highest BCUT2D eigenvalue weighted by atomic mass is 79.9. The van der Waals surface area contributed by atoms with E-state index in [4.69, 9.17) is 5.73 Å². The minimum atomic E-state index is 0.0265. The maximum absolute atomic E-state index is 12.3. The Morgan fingerprint density at radius 1 is 1.19 bits per heavy atom. The number of carbonyl (C=O) groups is 1. The van der Waals surface area contributed by atoms with Crippen LogP contribution in [0.1, 0.15) is 17.9 Å². The van der Waals surface area contributed by atoms with Crippen LogP contribution in [-0.4, -0.2) is 5.91 Å². The fourth-order valence-corrected chi connectivity index (χ4v) is 3.85. The third-order valence-electron chi connectivity index (χ3n) is 3.69. The Kier molecular flexibility index (Phi) is 4.04. The Labute approximate surface area is 140 Å². The van der Waals surface area contributed by atoms with Crippen LogP contribution in [0.5, 0.6) is 0 Å². The van der Waals surface area contributed by atoms with Crippen LogP contribution in [0.2, 0.25) is 0 Å². The number of anilines is 2. The van der Waals surface area contributed by atoms with Crippen LogP contribution < -0.4 is 11.1 Å². The van der Waals surface area contributed by atoms with Crippen molar-refractivity contribution in [3.05, 3.63) is 57.0 Å². The van der Waals surface area contributed by atoms with E-state index in [0.29, 0.717) is 17.3 Å². The Morgan fingerprint density at radius 2 is 1.90 bits per heavy atom. The van der Waals surface area contributed by atoms with Gasteiger partial charge in [-0.1, -0.05) is 46.3 Å². The summed E-state index contributed by atoms with van der Waals surface area (Å²) in [6.45, 7) is 0. The molecule has 108 valence electrons. The number of halogens is 2. The maximum Gasteiger partial charge on any atom is 0.228 e. The van der Waals surface area contributed by atoms with Crippen LogP contribution in [0, 0.1) is 5.92 Å². The molecule has 21 heavy (non-hydrogen) atoms. The largest absolute Gasteiger partial charge is 0.397 e. The van der Waals surface area contributed by atoms with E-state index in [0.717, 1.165) is 15.4 Å². The molecule has 3 nitrogen and oxygen atoms in total. The predicted octanol–water partition coefficient (Wildman–Crippen LogP) is 4.54. The molecule has 0 radical (unpaired) electrons. The van der Waals surface area contributed by atoms with E-state index in [9.17, 15) is 4.79 Å². The molecule has 3 N–H and O–H groups in total. The van der Waals surface area contributed by atoms with Gasteiger partial charge >= 0.3 is 0 Å². The SMILES string of the molecule is Nc1cc(Br)cc(Br)c1NC(=O)C1CC1c1ccccc1. The van der Waals surface area contributed by atoms with Gasteiger partial charge in [-0.3, -0.25) is 4.79 Å². The molecule has 2 atom stereocenters. The van der Waals surface area contributed by atoms with Gasteiger partial charge < -0.3 is 11.1 Å². The molecule has 0 aromatic heterocycles. The van der Waals surface area contributed by atoms with Gasteiger partial charge in [0.2, 0.25) is 5.91 Å². The topological polar surface area (TPSA) is 55.1 Å². The standard InChI is InChI=1S/C16H14Br2N2O/c17-10-6-13(18)15(14(19)7-10)20-16(21)12-8-11(12)9-4-2-1-3-5-9/h1-7,11-12H,8,19H2,(H,20,21). The van der Waals surface area contributed by atoms with Crippen molar-refractivity contribution in [3.63, 3.8) is 0 Å². The Morgan fingerprint density at radius 3 is 2.57 bits per heavy atom. The second-order valence-corrected chi connectivity index (χ2v) is 6.97. The van der Waals surface area contributed by atoms with Gasteiger partial charge in [-0.2, -0.15) is 0 Å². The van der Waals surface area contributed by atoms with Gasteiger partial charge in [-0.25, -0.2) is 0 Å². The molecule has 0 heterocycles. The van der Waals surface area contributed by atoms with E-state index >= 15 is 0 Å². The van der Waals surface area contributed by atoms with Crippen molar-refractivity contribution >= 4 is 49.1 Å². The molecule has 2 aromatic rings. The van der Waals surface area contributed by atoms with Gasteiger partial charge in [-0.15, -0.1) is 0 Å². The summed E-state index contributed by atoms with van der Waals surface area (Å²) < 4.78 is 1.65. The van der Waals surface area contributed by atoms with Crippen molar-refractivity contribution in [1.82, 2.24) is 0 Å². The number of nitrogens with two attached hydrogens (primary N) is 1. The van der Waals surface area contributed by atoms with Gasteiger partial charge in [0.15, 0.2) is 0 Å². The first-order chi connectivity index (χ1) is 10.1. The van der Waals surface area contributed by atoms with Gasteiger partial charge in [0.05, 0.1) is 11.4 Å². The zero-order valence-corrected chi connectivity index (χ0v) is 14.3. The van der Waals surface area contributed by atoms with Crippen LogP contribution in [0.25, 0.3) is 0 Å². The molecule has 1 amide bonds. The van der Waals surface area contributed by atoms with Gasteiger partial charge in [0.25, 0.3) is 0 Å².